The second kappa shape index (κ2) is 8.07. The smallest absolute Gasteiger partial charge is 0.251 e. The Balaban J connectivity index is 2.10. The molecule has 8 heteroatoms. The van der Waals surface area contributed by atoms with Crippen molar-refractivity contribution in [3.05, 3.63) is 42.5 Å². The van der Waals surface area contributed by atoms with Crippen molar-refractivity contribution >= 4 is 21.8 Å². The molecule has 1 saturated heterocycles. The van der Waals surface area contributed by atoms with Crippen molar-refractivity contribution in [1.29, 1.82) is 0 Å². The second-order valence-corrected chi connectivity index (χ2v) is 7.20. The number of rotatable bonds is 6. The van der Waals surface area contributed by atoms with Gasteiger partial charge in [0.1, 0.15) is 6.04 Å². The summed E-state index contributed by atoms with van der Waals surface area (Å²) in [4.78, 5) is 23.7. The molecule has 1 fully saturated rings. The highest BCUT2D eigenvalue weighted by atomic mass is 32.2. The first-order valence-electron chi connectivity index (χ1n) is 7.73. The van der Waals surface area contributed by atoms with E-state index in [0.29, 0.717) is 25.1 Å². The van der Waals surface area contributed by atoms with Gasteiger partial charge in [-0.3, -0.25) is 9.59 Å². The molecule has 0 radical (unpaired) electrons. The largest absolute Gasteiger partial charge is 0.355 e. The van der Waals surface area contributed by atoms with Gasteiger partial charge >= 0.3 is 0 Å². The van der Waals surface area contributed by atoms with Crippen LogP contribution in [0, 0.1) is 0 Å². The lowest BCUT2D eigenvalue weighted by Gasteiger charge is -2.15. The van der Waals surface area contributed by atoms with Crippen molar-refractivity contribution in [2.45, 2.75) is 30.2 Å². The van der Waals surface area contributed by atoms with Crippen LogP contribution in [0.5, 0.6) is 0 Å². The molecule has 0 aromatic heterocycles. The van der Waals surface area contributed by atoms with E-state index in [0.717, 1.165) is 12.8 Å². The minimum Gasteiger partial charge on any atom is -0.355 e. The molecule has 0 aliphatic carbocycles. The molecule has 24 heavy (non-hydrogen) atoms. The molecule has 0 saturated carbocycles. The molecule has 0 bridgehead atoms. The standard InChI is InChI=1S/C16H21N3O4S/c1-2-10-17-15(20)12-6-8-13(9-7-12)24(22,23)19-14-5-3-4-11-18-16(14)21/h2,6-9,14,19H,1,3-5,10-11H2,(H,17,20)(H,18,21)/t14-/m1/s1. The van der Waals surface area contributed by atoms with Crippen LogP contribution >= 0.6 is 0 Å². The van der Waals surface area contributed by atoms with Gasteiger partial charge in [0, 0.05) is 18.7 Å². The first kappa shape index (κ1) is 18.2. The molecular weight excluding hydrogens is 330 g/mol. The summed E-state index contributed by atoms with van der Waals surface area (Å²) < 4.78 is 27.2. The van der Waals surface area contributed by atoms with Gasteiger partial charge in [0.15, 0.2) is 0 Å². The summed E-state index contributed by atoms with van der Waals surface area (Å²) in [6.45, 7) is 4.40. The minimum absolute atomic E-state index is 0.0137. The zero-order valence-electron chi connectivity index (χ0n) is 13.2. The van der Waals surface area contributed by atoms with E-state index in [1.54, 1.807) is 6.08 Å². The van der Waals surface area contributed by atoms with Crippen LogP contribution < -0.4 is 15.4 Å². The maximum absolute atomic E-state index is 12.4. The zero-order valence-corrected chi connectivity index (χ0v) is 14.1. The fourth-order valence-corrected chi connectivity index (χ4v) is 3.59. The first-order chi connectivity index (χ1) is 11.4. The Labute approximate surface area is 141 Å². The van der Waals surface area contributed by atoms with Gasteiger partial charge < -0.3 is 10.6 Å². The van der Waals surface area contributed by atoms with Crippen molar-refractivity contribution in [3.8, 4) is 0 Å². The van der Waals surface area contributed by atoms with Crippen LogP contribution in [0.1, 0.15) is 29.6 Å². The van der Waals surface area contributed by atoms with Crippen LogP contribution in [-0.2, 0) is 14.8 Å². The zero-order chi connectivity index (χ0) is 17.6. The SMILES string of the molecule is C=CCNC(=O)c1ccc(S(=O)(=O)N[C@@H]2CCCCNC2=O)cc1. The monoisotopic (exact) mass is 351 g/mol. The van der Waals surface area contributed by atoms with Gasteiger partial charge in [-0.05, 0) is 43.5 Å². The van der Waals surface area contributed by atoms with Crippen molar-refractivity contribution in [3.63, 3.8) is 0 Å². The third-order valence-corrected chi connectivity index (χ3v) is 5.15. The van der Waals surface area contributed by atoms with E-state index in [4.69, 9.17) is 0 Å². The predicted octanol–water partition coefficient (Wildman–Crippen LogP) is 0.549. The molecule has 3 N–H and O–H groups in total. The summed E-state index contributed by atoms with van der Waals surface area (Å²) in [5, 5.41) is 5.30. The maximum Gasteiger partial charge on any atom is 0.251 e. The quantitative estimate of drug-likeness (QED) is 0.651. The first-order valence-corrected chi connectivity index (χ1v) is 9.21. The number of carbonyl (C=O) groups is 2. The summed E-state index contributed by atoms with van der Waals surface area (Å²) in [5.41, 5.74) is 0.350. The number of benzene rings is 1. The van der Waals surface area contributed by atoms with Gasteiger partial charge in [-0.25, -0.2) is 8.42 Å². The molecule has 1 aromatic carbocycles. The molecule has 1 heterocycles. The van der Waals surface area contributed by atoms with E-state index < -0.39 is 16.1 Å². The third kappa shape index (κ3) is 4.65. The van der Waals surface area contributed by atoms with Crippen LogP contribution in [0.25, 0.3) is 0 Å². The molecule has 7 nitrogen and oxygen atoms in total. The predicted molar refractivity (Wildman–Crippen MR) is 89.9 cm³/mol. The van der Waals surface area contributed by atoms with Gasteiger partial charge in [0.2, 0.25) is 15.9 Å². The Hall–Kier alpha value is -2.19. The van der Waals surface area contributed by atoms with Gasteiger partial charge in [0.05, 0.1) is 4.90 Å². The lowest BCUT2D eigenvalue weighted by atomic mass is 10.1. The average Bonchev–Trinajstić information content (AvgIpc) is 2.77. The van der Waals surface area contributed by atoms with Crippen molar-refractivity contribution in [2.75, 3.05) is 13.1 Å². The van der Waals surface area contributed by atoms with E-state index >= 15 is 0 Å². The summed E-state index contributed by atoms with van der Waals surface area (Å²) in [7, 11) is -3.83. The molecule has 1 aromatic rings. The van der Waals surface area contributed by atoms with E-state index in [1.807, 2.05) is 0 Å². The van der Waals surface area contributed by atoms with Crippen molar-refractivity contribution in [2.24, 2.45) is 0 Å². The van der Waals surface area contributed by atoms with Crippen molar-refractivity contribution in [1.82, 2.24) is 15.4 Å². The molecule has 1 aliphatic rings. The number of sulfonamides is 1. The fraction of sp³-hybridized carbons (Fsp3) is 0.375. The highest BCUT2D eigenvalue weighted by Crippen LogP contribution is 2.14. The number of hydrogen-bond donors (Lipinski definition) is 3. The number of nitrogens with one attached hydrogen (secondary N) is 3. The number of carbonyl (C=O) groups excluding carboxylic acids is 2. The number of hydrogen-bond acceptors (Lipinski definition) is 4. The van der Waals surface area contributed by atoms with Crippen LogP contribution in [0.4, 0.5) is 0 Å². The highest BCUT2D eigenvalue weighted by Gasteiger charge is 2.26. The second-order valence-electron chi connectivity index (χ2n) is 5.48. The Morgan fingerprint density at radius 3 is 2.67 bits per heavy atom. The highest BCUT2D eigenvalue weighted by molar-refractivity contribution is 7.89. The van der Waals surface area contributed by atoms with Gasteiger partial charge in [-0.15, -0.1) is 6.58 Å². The minimum atomic E-state index is -3.83. The van der Waals surface area contributed by atoms with E-state index in [1.165, 1.54) is 24.3 Å². The van der Waals surface area contributed by atoms with Crippen LogP contribution in [0.3, 0.4) is 0 Å². The lowest BCUT2D eigenvalue weighted by molar-refractivity contribution is -0.122. The molecule has 130 valence electrons. The summed E-state index contributed by atoms with van der Waals surface area (Å²) >= 11 is 0. The molecule has 0 unspecified atom stereocenters. The average molecular weight is 351 g/mol. The fourth-order valence-electron chi connectivity index (χ4n) is 2.36. The Morgan fingerprint density at radius 2 is 2.00 bits per heavy atom. The van der Waals surface area contributed by atoms with Crippen LogP contribution in [0.2, 0.25) is 0 Å². The van der Waals surface area contributed by atoms with Crippen LogP contribution in [-0.4, -0.2) is 39.4 Å². The summed E-state index contributed by atoms with van der Waals surface area (Å²) in [5.74, 6) is -0.619. The van der Waals surface area contributed by atoms with Gasteiger partial charge in [0.25, 0.3) is 5.91 Å². The summed E-state index contributed by atoms with van der Waals surface area (Å²) in [6, 6.07) is 4.79. The molecular formula is C16H21N3O4S. The van der Waals surface area contributed by atoms with Crippen molar-refractivity contribution < 1.29 is 18.0 Å². The van der Waals surface area contributed by atoms with E-state index in [-0.39, 0.29) is 16.7 Å². The summed E-state index contributed by atoms with van der Waals surface area (Å²) in [6.07, 6.45) is 3.62. The normalized spacial score (nSPS) is 18.3. The van der Waals surface area contributed by atoms with Crippen LogP contribution in [0.15, 0.2) is 41.8 Å². The molecule has 2 rings (SSSR count). The molecule has 2 amide bonds. The Bertz CT molecular complexity index is 713. The van der Waals surface area contributed by atoms with Gasteiger partial charge in [-0.1, -0.05) is 6.08 Å². The lowest BCUT2D eigenvalue weighted by Crippen LogP contribution is -2.45. The maximum atomic E-state index is 12.4. The topological polar surface area (TPSA) is 104 Å². The Kier molecular flexibility index (Phi) is 6.10. The van der Waals surface area contributed by atoms with E-state index in [9.17, 15) is 18.0 Å². The molecule has 1 aliphatic heterocycles. The number of amides is 2. The Morgan fingerprint density at radius 1 is 1.29 bits per heavy atom. The third-order valence-electron chi connectivity index (χ3n) is 3.67. The molecule has 1 atom stereocenters. The van der Waals surface area contributed by atoms with E-state index in [2.05, 4.69) is 21.9 Å². The molecule has 0 spiro atoms. The van der Waals surface area contributed by atoms with Gasteiger partial charge in [-0.2, -0.15) is 4.72 Å².